The van der Waals surface area contributed by atoms with Gasteiger partial charge in [0.1, 0.15) is 10.6 Å². The molecule has 100 valence electrons. The fraction of sp³-hybridized carbons (Fsp3) is 0.545. The zero-order chi connectivity index (χ0) is 13.9. The molecule has 0 saturated carbocycles. The third kappa shape index (κ3) is 3.69. The second-order valence-electron chi connectivity index (χ2n) is 4.53. The molecule has 1 aromatic heterocycles. The van der Waals surface area contributed by atoms with Crippen LogP contribution in [0, 0.1) is 0 Å². The highest BCUT2D eigenvalue weighted by molar-refractivity contribution is 7.17. The predicted molar refractivity (Wildman–Crippen MR) is 68.1 cm³/mol. The summed E-state index contributed by atoms with van der Waals surface area (Å²) in [5.41, 5.74) is -0.568. The monoisotopic (exact) mass is 272 g/mol. The van der Waals surface area contributed by atoms with E-state index in [0.29, 0.717) is 5.00 Å². The molecule has 0 saturated heterocycles. The van der Waals surface area contributed by atoms with E-state index in [9.17, 15) is 9.59 Å². The summed E-state index contributed by atoms with van der Waals surface area (Å²) in [6.45, 7) is 5.35. The van der Waals surface area contributed by atoms with E-state index in [4.69, 9.17) is 4.74 Å². The van der Waals surface area contributed by atoms with Gasteiger partial charge in [0.2, 0.25) is 5.01 Å². The first-order valence-electron chi connectivity index (χ1n) is 5.25. The molecule has 0 radical (unpaired) electrons. The molecule has 1 heterocycles. The van der Waals surface area contributed by atoms with Crippen molar-refractivity contribution in [1.29, 1.82) is 0 Å². The smallest absolute Gasteiger partial charge is 0.415 e. The number of rotatable bonds is 2. The lowest BCUT2D eigenvalue weighted by molar-refractivity contribution is 0.0584. The highest BCUT2D eigenvalue weighted by atomic mass is 32.1. The van der Waals surface area contributed by atoms with E-state index in [-0.39, 0.29) is 5.01 Å². The fourth-order valence-corrected chi connectivity index (χ4v) is 1.81. The van der Waals surface area contributed by atoms with Crippen molar-refractivity contribution in [3.63, 3.8) is 0 Å². The fourth-order valence-electron chi connectivity index (χ4n) is 1.02. The molecule has 0 bridgehead atoms. The zero-order valence-electron chi connectivity index (χ0n) is 11.0. The minimum atomic E-state index is -0.568. The summed E-state index contributed by atoms with van der Waals surface area (Å²) >= 11 is 1.07. The molecule has 0 unspecified atom stereocenters. The third-order valence-corrected chi connectivity index (χ3v) is 2.91. The molecule has 0 aliphatic heterocycles. The van der Waals surface area contributed by atoms with Crippen LogP contribution in [0.15, 0.2) is 6.20 Å². The van der Waals surface area contributed by atoms with Gasteiger partial charge in [-0.05, 0) is 20.8 Å². The van der Waals surface area contributed by atoms with Crippen LogP contribution in [-0.4, -0.2) is 36.8 Å². The number of aromatic nitrogens is 1. The Labute approximate surface area is 110 Å². The van der Waals surface area contributed by atoms with Crippen molar-refractivity contribution in [2.75, 3.05) is 19.1 Å². The number of nitrogens with zero attached hydrogens (tertiary/aromatic N) is 2. The molecule has 7 heteroatoms. The van der Waals surface area contributed by atoms with Crippen LogP contribution in [0.25, 0.3) is 0 Å². The van der Waals surface area contributed by atoms with E-state index in [1.807, 2.05) is 0 Å². The van der Waals surface area contributed by atoms with Crippen molar-refractivity contribution < 1.29 is 19.1 Å². The SMILES string of the molecule is COC(=O)c1ncc(N(C)C(=O)OC(C)(C)C)s1. The summed E-state index contributed by atoms with van der Waals surface area (Å²) in [5.74, 6) is -0.524. The molecular weight excluding hydrogens is 256 g/mol. The number of anilines is 1. The van der Waals surface area contributed by atoms with Gasteiger partial charge in [0.05, 0.1) is 13.3 Å². The molecule has 0 spiro atoms. The minimum Gasteiger partial charge on any atom is -0.464 e. The van der Waals surface area contributed by atoms with Gasteiger partial charge in [0.25, 0.3) is 0 Å². The third-order valence-electron chi connectivity index (χ3n) is 1.85. The Balaban J connectivity index is 2.78. The summed E-state index contributed by atoms with van der Waals surface area (Å²) in [7, 11) is 2.84. The van der Waals surface area contributed by atoms with E-state index in [1.165, 1.54) is 18.2 Å². The van der Waals surface area contributed by atoms with Crippen LogP contribution in [0.1, 0.15) is 30.6 Å². The number of methoxy groups -OCH3 is 1. The van der Waals surface area contributed by atoms with Gasteiger partial charge < -0.3 is 9.47 Å². The standard InChI is InChI=1S/C11H16N2O4S/c1-11(2,3)17-10(15)13(4)7-6-12-8(18-7)9(14)16-5/h6H,1-5H3. The van der Waals surface area contributed by atoms with E-state index >= 15 is 0 Å². The summed E-state index contributed by atoms with van der Waals surface area (Å²) < 4.78 is 9.74. The van der Waals surface area contributed by atoms with Crippen LogP contribution in [-0.2, 0) is 9.47 Å². The van der Waals surface area contributed by atoms with Gasteiger partial charge in [-0.25, -0.2) is 14.6 Å². The van der Waals surface area contributed by atoms with Crippen LogP contribution < -0.4 is 4.90 Å². The van der Waals surface area contributed by atoms with Gasteiger partial charge in [-0.3, -0.25) is 4.90 Å². The van der Waals surface area contributed by atoms with Gasteiger partial charge in [0, 0.05) is 7.05 Å². The van der Waals surface area contributed by atoms with E-state index in [1.54, 1.807) is 27.8 Å². The second-order valence-corrected chi connectivity index (χ2v) is 5.54. The Morgan fingerprint density at radius 1 is 1.39 bits per heavy atom. The summed E-state index contributed by atoms with van der Waals surface area (Å²) in [6.07, 6.45) is 0.934. The molecular formula is C11H16N2O4S. The number of hydrogen-bond acceptors (Lipinski definition) is 6. The highest BCUT2D eigenvalue weighted by Gasteiger charge is 2.23. The molecule has 0 fully saturated rings. The van der Waals surface area contributed by atoms with Crippen molar-refractivity contribution >= 4 is 28.4 Å². The number of esters is 1. The number of thiazole rings is 1. The van der Waals surface area contributed by atoms with E-state index < -0.39 is 17.7 Å². The average molecular weight is 272 g/mol. The number of carbonyl (C=O) groups is 2. The predicted octanol–water partition coefficient (Wildman–Crippen LogP) is 2.30. The summed E-state index contributed by atoms with van der Waals surface area (Å²) in [5, 5.41) is 0.715. The van der Waals surface area contributed by atoms with Crippen LogP contribution >= 0.6 is 11.3 Å². The maximum absolute atomic E-state index is 11.8. The Morgan fingerprint density at radius 3 is 2.50 bits per heavy atom. The van der Waals surface area contributed by atoms with Crippen molar-refractivity contribution in [3.05, 3.63) is 11.2 Å². The number of hydrogen-bond donors (Lipinski definition) is 0. The maximum atomic E-state index is 11.8. The summed E-state index contributed by atoms with van der Waals surface area (Å²) in [6, 6.07) is 0. The molecule has 0 aliphatic carbocycles. The van der Waals surface area contributed by atoms with Crippen LogP contribution in [0.4, 0.5) is 9.80 Å². The van der Waals surface area contributed by atoms with Gasteiger partial charge in [-0.1, -0.05) is 11.3 Å². The van der Waals surface area contributed by atoms with Crippen molar-refractivity contribution in [1.82, 2.24) is 4.98 Å². The Kier molecular flexibility index (Phi) is 4.28. The lowest BCUT2D eigenvalue weighted by Gasteiger charge is -2.23. The molecule has 0 aromatic carbocycles. The number of amides is 1. The van der Waals surface area contributed by atoms with E-state index in [0.717, 1.165) is 11.3 Å². The molecule has 0 N–H and O–H groups in total. The number of ether oxygens (including phenoxy) is 2. The quantitative estimate of drug-likeness (QED) is 0.773. The van der Waals surface area contributed by atoms with Gasteiger partial charge in [-0.15, -0.1) is 0 Å². The van der Waals surface area contributed by atoms with Crippen molar-refractivity contribution in [3.8, 4) is 0 Å². The van der Waals surface area contributed by atoms with Gasteiger partial charge >= 0.3 is 12.1 Å². The second kappa shape index (κ2) is 5.34. The Hall–Kier alpha value is -1.63. The van der Waals surface area contributed by atoms with E-state index in [2.05, 4.69) is 9.72 Å². The Morgan fingerprint density at radius 2 is 2.00 bits per heavy atom. The Bertz CT molecular complexity index is 450. The number of carbonyl (C=O) groups excluding carboxylic acids is 2. The first-order chi connectivity index (χ1) is 8.24. The average Bonchev–Trinajstić information content (AvgIpc) is 2.73. The van der Waals surface area contributed by atoms with Crippen LogP contribution in [0.5, 0.6) is 0 Å². The van der Waals surface area contributed by atoms with Crippen LogP contribution in [0.2, 0.25) is 0 Å². The topological polar surface area (TPSA) is 68.7 Å². The summed E-state index contributed by atoms with van der Waals surface area (Å²) in [4.78, 5) is 28.2. The van der Waals surface area contributed by atoms with Gasteiger partial charge in [0.15, 0.2) is 0 Å². The van der Waals surface area contributed by atoms with Crippen molar-refractivity contribution in [2.45, 2.75) is 26.4 Å². The first-order valence-corrected chi connectivity index (χ1v) is 6.07. The normalized spacial score (nSPS) is 10.9. The van der Waals surface area contributed by atoms with Crippen molar-refractivity contribution in [2.24, 2.45) is 0 Å². The highest BCUT2D eigenvalue weighted by Crippen LogP contribution is 2.24. The minimum absolute atomic E-state index is 0.197. The maximum Gasteiger partial charge on any atom is 0.415 e. The molecule has 1 rings (SSSR count). The lowest BCUT2D eigenvalue weighted by atomic mass is 10.2. The largest absolute Gasteiger partial charge is 0.464 e. The molecule has 0 aliphatic rings. The van der Waals surface area contributed by atoms with Crippen LogP contribution in [0.3, 0.4) is 0 Å². The lowest BCUT2D eigenvalue weighted by Crippen LogP contribution is -2.33. The molecule has 18 heavy (non-hydrogen) atoms. The first kappa shape index (κ1) is 14.4. The zero-order valence-corrected chi connectivity index (χ0v) is 11.8. The molecule has 1 aromatic rings. The molecule has 0 atom stereocenters. The molecule has 1 amide bonds. The molecule has 6 nitrogen and oxygen atoms in total. The van der Waals surface area contributed by atoms with Gasteiger partial charge in [-0.2, -0.15) is 0 Å².